The first-order chi connectivity index (χ1) is 9.52. The van der Waals surface area contributed by atoms with E-state index in [1.165, 1.54) is 0 Å². The lowest BCUT2D eigenvalue weighted by molar-refractivity contribution is -0.127. The van der Waals surface area contributed by atoms with E-state index in [1.54, 1.807) is 30.2 Å². The number of ketones is 1. The fraction of sp³-hybridized carbons (Fsp3) is 0.500. The molecular weight excluding hydrogens is 254 g/mol. The van der Waals surface area contributed by atoms with Gasteiger partial charge in [0.15, 0.2) is 5.78 Å². The minimum atomic E-state index is -0.0693. The fourth-order valence-electron chi connectivity index (χ4n) is 2.54. The number of hydrogen-bond acceptors (Lipinski definition) is 3. The van der Waals surface area contributed by atoms with Crippen LogP contribution in [0.5, 0.6) is 5.75 Å². The summed E-state index contributed by atoms with van der Waals surface area (Å²) >= 11 is 0. The van der Waals surface area contributed by atoms with Gasteiger partial charge in [0, 0.05) is 13.0 Å². The summed E-state index contributed by atoms with van der Waals surface area (Å²) in [6.45, 7) is 5.05. The second kappa shape index (κ2) is 6.07. The van der Waals surface area contributed by atoms with Gasteiger partial charge in [-0.3, -0.25) is 9.59 Å². The number of benzene rings is 1. The Bertz CT molecular complexity index is 510. The molecule has 1 unspecified atom stereocenters. The Hall–Kier alpha value is -1.84. The number of amides is 1. The molecule has 0 radical (unpaired) electrons. The zero-order chi connectivity index (χ0) is 14.7. The lowest BCUT2D eigenvalue weighted by atomic mass is 9.95. The number of Topliss-reactive ketones (excluding diaryl/α,β-unsaturated/α-hetero) is 1. The zero-order valence-corrected chi connectivity index (χ0v) is 12.3. The van der Waals surface area contributed by atoms with Crippen molar-refractivity contribution >= 4 is 11.7 Å². The van der Waals surface area contributed by atoms with Gasteiger partial charge in [0.2, 0.25) is 5.91 Å². The van der Waals surface area contributed by atoms with Gasteiger partial charge in [-0.05, 0) is 24.0 Å². The highest BCUT2D eigenvalue weighted by Crippen LogP contribution is 2.25. The molecule has 4 nitrogen and oxygen atoms in total. The van der Waals surface area contributed by atoms with E-state index in [9.17, 15) is 9.59 Å². The number of nitrogens with zero attached hydrogens (tertiary/aromatic N) is 1. The Morgan fingerprint density at radius 3 is 2.70 bits per heavy atom. The van der Waals surface area contributed by atoms with Gasteiger partial charge in [0.05, 0.1) is 19.2 Å². The Balaban J connectivity index is 2.07. The number of methoxy groups -OCH3 is 1. The van der Waals surface area contributed by atoms with Crippen LogP contribution in [0.15, 0.2) is 24.3 Å². The van der Waals surface area contributed by atoms with Crippen LogP contribution < -0.4 is 4.74 Å². The summed E-state index contributed by atoms with van der Waals surface area (Å²) in [5, 5.41) is 0. The van der Waals surface area contributed by atoms with Crippen LogP contribution >= 0.6 is 0 Å². The predicted molar refractivity (Wildman–Crippen MR) is 76.8 cm³/mol. The van der Waals surface area contributed by atoms with E-state index in [1.807, 2.05) is 6.07 Å². The molecule has 1 aliphatic heterocycles. The summed E-state index contributed by atoms with van der Waals surface area (Å²) < 4.78 is 5.19. The van der Waals surface area contributed by atoms with Gasteiger partial charge in [0.1, 0.15) is 5.75 Å². The Morgan fingerprint density at radius 2 is 2.10 bits per heavy atom. The molecule has 1 saturated heterocycles. The van der Waals surface area contributed by atoms with Crippen molar-refractivity contribution in [3.63, 3.8) is 0 Å². The number of carbonyl (C=O) groups is 2. The van der Waals surface area contributed by atoms with Gasteiger partial charge in [-0.15, -0.1) is 0 Å². The number of rotatable bonds is 5. The van der Waals surface area contributed by atoms with Crippen LogP contribution in [0.2, 0.25) is 0 Å². The van der Waals surface area contributed by atoms with Gasteiger partial charge in [-0.2, -0.15) is 0 Å². The largest absolute Gasteiger partial charge is 0.496 e. The van der Waals surface area contributed by atoms with Crippen LogP contribution in [0.3, 0.4) is 0 Å². The van der Waals surface area contributed by atoms with Gasteiger partial charge in [0.25, 0.3) is 0 Å². The maximum absolute atomic E-state index is 12.3. The van der Waals surface area contributed by atoms with E-state index in [4.69, 9.17) is 4.74 Å². The van der Waals surface area contributed by atoms with E-state index in [0.717, 1.165) is 0 Å². The molecule has 2 rings (SSSR count). The fourth-order valence-corrected chi connectivity index (χ4v) is 2.54. The van der Waals surface area contributed by atoms with E-state index < -0.39 is 0 Å². The molecule has 108 valence electrons. The Kier molecular flexibility index (Phi) is 4.42. The second-order valence-electron chi connectivity index (χ2n) is 5.61. The van der Waals surface area contributed by atoms with Crippen molar-refractivity contribution in [3.8, 4) is 5.75 Å². The van der Waals surface area contributed by atoms with Crippen LogP contribution in [0.25, 0.3) is 0 Å². The number of likely N-dealkylation sites (tertiary alicyclic amines) is 1. The predicted octanol–water partition coefficient (Wildman–Crippen LogP) is 2.38. The molecular formula is C16H21NO3. The molecule has 0 aliphatic carbocycles. The van der Waals surface area contributed by atoms with Crippen molar-refractivity contribution in [2.75, 3.05) is 20.2 Å². The molecule has 1 aromatic carbocycles. The third kappa shape index (κ3) is 3.00. The molecule has 4 heteroatoms. The molecule has 20 heavy (non-hydrogen) atoms. The third-order valence-electron chi connectivity index (χ3n) is 3.93. The first-order valence-electron chi connectivity index (χ1n) is 6.97. The summed E-state index contributed by atoms with van der Waals surface area (Å²) in [5.74, 6) is 1.38. The monoisotopic (exact) mass is 275 g/mol. The van der Waals surface area contributed by atoms with Crippen LogP contribution in [-0.4, -0.2) is 36.8 Å². The summed E-state index contributed by atoms with van der Waals surface area (Å²) in [6.07, 6.45) is 0.552. The maximum atomic E-state index is 12.3. The highest BCUT2D eigenvalue weighted by molar-refractivity contribution is 6.01. The SMILES string of the molecule is COc1ccccc1C(=O)CN1CC(C(C)C)CC1=O. The van der Waals surface area contributed by atoms with Crippen molar-refractivity contribution in [1.29, 1.82) is 0 Å². The molecule has 1 fully saturated rings. The van der Waals surface area contributed by atoms with Gasteiger partial charge < -0.3 is 9.64 Å². The van der Waals surface area contributed by atoms with E-state index in [0.29, 0.717) is 36.1 Å². The Labute approximate surface area is 119 Å². The first kappa shape index (κ1) is 14.6. The number of para-hydroxylation sites is 1. The molecule has 1 amide bonds. The van der Waals surface area contributed by atoms with E-state index >= 15 is 0 Å². The van der Waals surface area contributed by atoms with Crippen LogP contribution in [0.1, 0.15) is 30.6 Å². The maximum Gasteiger partial charge on any atom is 0.223 e. The molecule has 0 aromatic heterocycles. The normalized spacial score (nSPS) is 18.7. The molecule has 0 saturated carbocycles. The Morgan fingerprint density at radius 1 is 1.40 bits per heavy atom. The van der Waals surface area contributed by atoms with Crippen molar-refractivity contribution in [1.82, 2.24) is 4.90 Å². The number of carbonyl (C=O) groups excluding carboxylic acids is 2. The quantitative estimate of drug-likeness (QED) is 0.775. The van der Waals surface area contributed by atoms with Crippen LogP contribution in [-0.2, 0) is 4.79 Å². The minimum absolute atomic E-state index is 0.0693. The average Bonchev–Trinajstić information content (AvgIpc) is 2.80. The van der Waals surface area contributed by atoms with Crippen LogP contribution in [0.4, 0.5) is 0 Å². The smallest absolute Gasteiger partial charge is 0.223 e. The standard InChI is InChI=1S/C16H21NO3/c1-11(2)12-8-16(19)17(9-12)10-14(18)13-6-4-5-7-15(13)20-3/h4-7,11-12H,8-10H2,1-3H3. The molecule has 0 spiro atoms. The summed E-state index contributed by atoms with van der Waals surface area (Å²) in [4.78, 5) is 25.9. The summed E-state index contributed by atoms with van der Waals surface area (Å²) in [6, 6.07) is 7.13. The van der Waals surface area contributed by atoms with Crippen molar-refractivity contribution in [2.24, 2.45) is 11.8 Å². The third-order valence-corrected chi connectivity index (χ3v) is 3.93. The van der Waals surface area contributed by atoms with Gasteiger partial charge in [-0.1, -0.05) is 26.0 Å². The van der Waals surface area contributed by atoms with Crippen molar-refractivity contribution < 1.29 is 14.3 Å². The highest BCUT2D eigenvalue weighted by atomic mass is 16.5. The summed E-state index contributed by atoms with van der Waals surface area (Å²) in [7, 11) is 1.54. The molecule has 0 N–H and O–H groups in total. The van der Waals surface area contributed by atoms with E-state index in [2.05, 4.69) is 13.8 Å². The van der Waals surface area contributed by atoms with Gasteiger partial charge >= 0.3 is 0 Å². The topological polar surface area (TPSA) is 46.6 Å². The van der Waals surface area contributed by atoms with Crippen molar-refractivity contribution in [2.45, 2.75) is 20.3 Å². The van der Waals surface area contributed by atoms with Crippen LogP contribution in [0, 0.1) is 11.8 Å². The van der Waals surface area contributed by atoms with Crippen molar-refractivity contribution in [3.05, 3.63) is 29.8 Å². The molecule has 1 aromatic rings. The molecule has 1 heterocycles. The first-order valence-corrected chi connectivity index (χ1v) is 6.97. The molecule has 1 aliphatic rings. The number of ether oxygens (including phenoxy) is 1. The molecule has 1 atom stereocenters. The minimum Gasteiger partial charge on any atom is -0.496 e. The van der Waals surface area contributed by atoms with Gasteiger partial charge in [-0.25, -0.2) is 0 Å². The highest BCUT2D eigenvalue weighted by Gasteiger charge is 2.32. The average molecular weight is 275 g/mol. The molecule has 0 bridgehead atoms. The lowest BCUT2D eigenvalue weighted by Gasteiger charge is -2.18. The lowest BCUT2D eigenvalue weighted by Crippen LogP contribution is -2.31. The zero-order valence-electron chi connectivity index (χ0n) is 12.3. The van der Waals surface area contributed by atoms with E-state index in [-0.39, 0.29) is 18.2 Å². The second-order valence-corrected chi connectivity index (χ2v) is 5.61. The summed E-state index contributed by atoms with van der Waals surface area (Å²) in [5.41, 5.74) is 0.538. The number of hydrogen-bond donors (Lipinski definition) is 0.